The van der Waals surface area contributed by atoms with Gasteiger partial charge in [-0.2, -0.15) is 0 Å². The Morgan fingerprint density at radius 1 is 1.54 bits per heavy atom. The molecule has 1 unspecified atom stereocenters. The van der Waals surface area contributed by atoms with Crippen LogP contribution in [0.2, 0.25) is 0 Å². The summed E-state index contributed by atoms with van der Waals surface area (Å²) in [7, 11) is 0. The molecule has 0 amide bonds. The monoisotopic (exact) mass is 181 g/mol. The molecule has 0 fully saturated rings. The molecule has 1 aliphatic rings. The number of hydrogen-bond donors (Lipinski definition) is 2. The number of aliphatic hydroxyl groups excluding tert-OH is 1. The Kier molecular flexibility index (Phi) is 2.19. The highest BCUT2D eigenvalue weighted by molar-refractivity contribution is 5.56. The fourth-order valence-electron chi connectivity index (χ4n) is 1.74. The van der Waals surface area contributed by atoms with Crippen LogP contribution in [-0.2, 0) is 6.42 Å². The second kappa shape index (κ2) is 3.34. The second-order valence-electron chi connectivity index (χ2n) is 3.36. The highest BCUT2D eigenvalue weighted by Gasteiger charge is 2.19. The van der Waals surface area contributed by atoms with Crippen molar-refractivity contribution in [3.05, 3.63) is 29.6 Å². The van der Waals surface area contributed by atoms with Crippen molar-refractivity contribution in [3.8, 4) is 0 Å². The average Bonchev–Trinajstić information content (AvgIpc) is 2.46. The number of fused-ring (bicyclic) bond motifs is 1. The number of nitrogens with one attached hydrogen (secondary N) is 1. The third-order valence-electron chi connectivity index (χ3n) is 2.37. The van der Waals surface area contributed by atoms with Crippen molar-refractivity contribution in [2.45, 2.75) is 18.9 Å². The van der Waals surface area contributed by atoms with Gasteiger partial charge in [-0.3, -0.25) is 0 Å². The predicted octanol–water partition coefficient (Wildman–Crippen LogP) is 1.54. The van der Waals surface area contributed by atoms with Gasteiger partial charge in [-0.15, -0.1) is 0 Å². The lowest BCUT2D eigenvalue weighted by Gasteiger charge is -2.07. The van der Waals surface area contributed by atoms with Crippen LogP contribution >= 0.6 is 0 Å². The Bertz CT molecular complexity index is 314. The third-order valence-corrected chi connectivity index (χ3v) is 2.37. The summed E-state index contributed by atoms with van der Waals surface area (Å²) in [6, 6.07) is 5.02. The number of anilines is 1. The molecule has 2 nitrogen and oxygen atoms in total. The summed E-state index contributed by atoms with van der Waals surface area (Å²) in [6.07, 6.45) is 1.53. The van der Waals surface area contributed by atoms with Gasteiger partial charge < -0.3 is 10.4 Å². The zero-order valence-corrected chi connectivity index (χ0v) is 7.26. The highest BCUT2D eigenvalue weighted by Crippen LogP contribution is 2.27. The van der Waals surface area contributed by atoms with E-state index >= 15 is 0 Å². The first kappa shape index (κ1) is 8.51. The van der Waals surface area contributed by atoms with Crippen molar-refractivity contribution >= 4 is 5.69 Å². The number of aliphatic hydroxyl groups is 1. The van der Waals surface area contributed by atoms with E-state index in [-0.39, 0.29) is 18.5 Å². The van der Waals surface area contributed by atoms with Crippen LogP contribution in [0, 0.1) is 5.82 Å². The van der Waals surface area contributed by atoms with Crippen LogP contribution in [0.25, 0.3) is 0 Å². The van der Waals surface area contributed by atoms with E-state index in [2.05, 4.69) is 5.32 Å². The molecule has 1 aromatic rings. The van der Waals surface area contributed by atoms with Crippen molar-refractivity contribution in [2.24, 2.45) is 0 Å². The molecule has 70 valence electrons. The van der Waals surface area contributed by atoms with Crippen molar-refractivity contribution in [1.29, 1.82) is 0 Å². The van der Waals surface area contributed by atoms with Gasteiger partial charge in [0, 0.05) is 18.3 Å². The fourth-order valence-corrected chi connectivity index (χ4v) is 1.74. The van der Waals surface area contributed by atoms with Crippen molar-refractivity contribution in [3.63, 3.8) is 0 Å². The quantitative estimate of drug-likeness (QED) is 0.725. The Labute approximate surface area is 76.4 Å². The van der Waals surface area contributed by atoms with E-state index < -0.39 is 0 Å². The van der Waals surface area contributed by atoms with Gasteiger partial charge in [-0.05, 0) is 36.6 Å². The van der Waals surface area contributed by atoms with Crippen LogP contribution in [0.4, 0.5) is 10.1 Å². The van der Waals surface area contributed by atoms with Gasteiger partial charge in [0.1, 0.15) is 5.82 Å². The van der Waals surface area contributed by atoms with Crippen LogP contribution in [0.5, 0.6) is 0 Å². The molecule has 0 saturated heterocycles. The molecule has 2 rings (SSSR count). The molecular weight excluding hydrogens is 169 g/mol. The molecule has 2 N–H and O–H groups in total. The van der Waals surface area contributed by atoms with Crippen LogP contribution in [-0.4, -0.2) is 17.8 Å². The molecule has 1 heterocycles. The summed E-state index contributed by atoms with van der Waals surface area (Å²) < 4.78 is 12.8. The number of benzene rings is 1. The van der Waals surface area contributed by atoms with Crippen LogP contribution in [0.15, 0.2) is 18.2 Å². The van der Waals surface area contributed by atoms with E-state index in [9.17, 15) is 4.39 Å². The smallest absolute Gasteiger partial charge is 0.123 e. The summed E-state index contributed by atoms with van der Waals surface area (Å²) in [5, 5.41) is 12.0. The van der Waals surface area contributed by atoms with E-state index in [1.807, 2.05) is 0 Å². The lowest BCUT2D eigenvalue weighted by molar-refractivity contribution is 0.280. The van der Waals surface area contributed by atoms with Gasteiger partial charge in [0.05, 0.1) is 0 Å². The zero-order chi connectivity index (χ0) is 9.26. The lowest BCUT2D eigenvalue weighted by atomic mass is 10.1. The van der Waals surface area contributed by atoms with Gasteiger partial charge in [0.25, 0.3) is 0 Å². The van der Waals surface area contributed by atoms with E-state index in [0.29, 0.717) is 0 Å². The summed E-state index contributed by atoms with van der Waals surface area (Å²) in [4.78, 5) is 0. The number of hydrogen-bond acceptors (Lipinski definition) is 2. The van der Waals surface area contributed by atoms with E-state index in [1.54, 1.807) is 12.1 Å². The molecular formula is C10H12FNO. The summed E-state index contributed by atoms with van der Waals surface area (Å²) in [5.41, 5.74) is 2.01. The minimum Gasteiger partial charge on any atom is -0.396 e. The topological polar surface area (TPSA) is 32.3 Å². The second-order valence-corrected chi connectivity index (χ2v) is 3.36. The van der Waals surface area contributed by atoms with Crippen molar-refractivity contribution in [2.75, 3.05) is 11.9 Å². The molecule has 1 atom stereocenters. The minimum absolute atomic E-state index is 0.175. The third kappa shape index (κ3) is 1.65. The standard InChI is InChI=1S/C10H12FNO/c11-8-1-2-10-7(5-8)6-9(12-10)3-4-13/h1-2,5,9,12-13H,3-4,6H2. The maximum atomic E-state index is 12.8. The molecule has 0 aromatic heterocycles. The zero-order valence-electron chi connectivity index (χ0n) is 7.26. The molecule has 3 heteroatoms. The average molecular weight is 181 g/mol. The van der Waals surface area contributed by atoms with Crippen molar-refractivity contribution < 1.29 is 9.50 Å². The molecule has 0 spiro atoms. The Morgan fingerprint density at radius 3 is 3.15 bits per heavy atom. The Balaban J connectivity index is 2.16. The first-order valence-corrected chi connectivity index (χ1v) is 4.45. The molecule has 0 saturated carbocycles. The normalized spacial score (nSPS) is 19.7. The molecule has 0 bridgehead atoms. The largest absolute Gasteiger partial charge is 0.396 e. The maximum Gasteiger partial charge on any atom is 0.123 e. The summed E-state index contributed by atoms with van der Waals surface area (Å²) in [5.74, 6) is -0.190. The SMILES string of the molecule is OCCC1Cc2cc(F)ccc2N1. The van der Waals surface area contributed by atoms with Gasteiger partial charge in [0.2, 0.25) is 0 Å². The lowest BCUT2D eigenvalue weighted by Crippen LogP contribution is -2.16. The van der Waals surface area contributed by atoms with E-state index in [4.69, 9.17) is 5.11 Å². The van der Waals surface area contributed by atoms with E-state index in [1.165, 1.54) is 6.07 Å². The maximum absolute atomic E-state index is 12.8. The Hall–Kier alpha value is -1.09. The summed E-state index contributed by atoms with van der Waals surface area (Å²) in [6.45, 7) is 0.175. The van der Waals surface area contributed by atoms with Crippen LogP contribution in [0.3, 0.4) is 0 Å². The van der Waals surface area contributed by atoms with Gasteiger partial charge in [-0.1, -0.05) is 0 Å². The first-order valence-electron chi connectivity index (χ1n) is 4.45. The summed E-state index contributed by atoms with van der Waals surface area (Å²) >= 11 is 0. The molecule has 13 heavy (non-hydrogen) atoms. The van der Waals surface area contributed by atoms with Gasteiger partial charge in [0.15, 0.2) is 0 Å². The van der Waals surface area contributed by atoms with Crippen LogP contribution in [0.1, 0.15) is 12.0 Å². The van der Waals surface area contributed by atoms with Gasteiger partial charge >= 0.3 is 0 Å². The predicted molar refractivity (Wildman–Crippen MR) is 49.2 cm³/mol. The highest BCUT2D eigenvalue weighted by atomic mass is 19.1. The molecule has 0 aliphatic carbocycles. The minimum atomic E-state index is -0.190. The van der Waals surface area contributed by atoms with Gasteiger partial charge in [-0.25, -0.2) is 4.39 Å². The Morgan fingerprint density at radius 2 is 2.38 bits per heavy atom. The number of halogens is 1. The van der Waals surface area contributed by atoms with Crippen molar-refractivity contribution in [1.82, 2.24) is 0 Å². The molecule has 0 radical (unpaired) electrons. The molecule has 1 aromatic carbocycles. The number of rotatable bonds is 2. The molecule has 1 aliphatic heterocycles. The van der Waals surface area contributed by atoms with Crippen LogP contribution < -0.4 is 5.32 Å². The first-order chi connectivity index (χ1) is 6.29. The van der Waals surface area contributed by atoms with E-state index in [0.717, 1.165) is 24.1 Å². The fraction of sp³-hybridized carbons (Fsp3) is 0.400.